The van der Waals surface area contributed by atoms with Gasteiger partial charge in [-0.05, 0) is 6.08 Å². The average Bonchev–Trinajstić information content (AvgIpc) is 1.83. The van der Waals surface area contributed by atoms with E-state index in [1.807, 2.05) is 0 Å². The van der Waals surface area contributed by atoms with Gasteiger partial charge in [-0.1, -0.05) is 0 Å². The van der Waals surface area contributed by atoms with E-state index in [-0.39, 0.29) is 5.71 Å². The van der Waals surface area contributed by atoms with Crippen molar-refractivity contribution in [1.82, 2.24) is 5.32 Å². The predicted octanol–water partition coefficient (Wildman–Crippen LogP) is -0.781. The zero-order chi connectivity index (χ0) is 6.85. The summed E-state index contributed by atoms with van der Waals surface area (Å²) in [4.78, 5) is 20.8. The third-order valence-electron chi connectivity index (χ3n) is 0.915. The van der Waals surface area contributed by atoms with Gasteiger partial charge in [0.05, 0.1) is 0 Å². The van der Waals surface area contributed by atoms with Crippen molar-refractivity contribution in [1.29, 1.82) is 5.41 Å². The molecule has 4 nitrogen and oxygen atoms in total. The molecule has 0 radical (unpaired) electrons. The first-order chi connectivity index (χ1) is 4.22. The molecule has 0 aliphatic carbocycles. The fraction of sp³-hybridized carbons (Fsp3) is 0. The minimum atomic E-state index is -0.780. The summed E-state index contributed by atoms with van der Waals surface area (Å²) in [6.07, 6.45) is 2.51. The molecule has 0 saturated carbocycles. The van der Waals surface area contributed by atoms with E-state index in [1.165, 1.54) is 12.3 Å². The second kappa shape index (κ2) is 1.81. The SMILES string of the molecule is N=C1C=CNC(=O)C1=O. The molecule has 0 saturated heterocycles. The van der Waals surface area contributed by atoms with Crippen molar-refractivity contribution >= 4 is 17.4 Å². The molecule has 0 aromatic heterocycles. The molecule has 0 aromatic rings. The fourth-order valence-corrected chi connectivity index (χ4v) is 0.464. The summed E-state index contributed by atoms with van der Waals surface area (Å²) in [6.45, 7) is 0. The van der Waals surface area contributed by atoms with Crippen LogP contribution in [0.4, 0.5) is 0 Å². The monoisotopic (exact) mass is 124 g/mol. The van der Waals surface area contributed by atoms with Crippen LogP contribution in [0.2, 0.25) is 0 Å². The molecule has 0 aromatic carbocycles. The molecular weight excluding hydrogens is 120 g/mol. The summed E-state index contributed by atoms with van der Waals surface area (Å²) in [5, 5.41) is 8.98. The summed E-state index contributed by atoms with van der Waals surface area (Å²) in [7, 11) is 0. The van der Waals surface area contributed by atoms with E-state index < -0.39 is 11.7 Å². The molecule has 0 fully saturated rings. The highest BCUT2D eigenvalue weighted by Gasteiger charge is 2.18. The average molecular weight is 124 g/mol. The van der Waals surface area contributed by atoms with Gasteiger partial charge in [0.25, 0.3) is 11.7 Å². The van der Waals surface area contributed by atoms with Crippen LogP contribution < -0.4 is 5.32 Å². The molecule has 46 valence electrons. The van der Waals surface area contributed by atoms with Crippen LogP contribution in [0.15, 0.2) is 12.3 Å². The minimum Gasteiger partial charge on any atom is -0.326 e. The van der Waals surface area contributed by atoms with Gasteiger partial charge in [-0.15, -0.1) is 0 Å². The number of allylic oxidation sites excluding steroid dienone is 1. The van der Waals surface area contributed by atoms with Gasteiger partial charge in [-0.2, -0.15) is 0 Å². The molecule has 4 heteroatoms. The predicted molar refractivity (Wildman–Crippen MR) is 30.0 cm³/mol. The van der Waals surface area contributed by atoms with Gasteiger partial charge in [-0.3, -0.25) is 15.0 Å². The molecule has 0 unspecified atom stereocenters. The Bertz CT molecular complexity index is 217. The molecule has 1 rings (SSSR count). The Kier molecular flexibility index (Phi) is 1.14. The Balaban J connectivity index is 2.94. The smallest absolute Gasteiger partial charge is 0.297 e. The van der Waals surface area contributed by atoms with E-state index in [0.717, 1.165) is 0 Å². The first kappa shape index (κ1) is 5.68. The van der Waals surface area contributed by atoms with Crippen molar-refractivity contribution in [3.8, 4) is 0 Å². The quantitative estimate of drug-likeness (QED) is 0.416. The summed E-state index contributed by atoms with van der Waals surface area (Å²) in [6, 6.07) is 0. The number of Topliss-reactive ketones (excluding diaryl/α,β-unsaturated/α-hetero) is 1. The van der Waals surface area contributed by atoms with E-state index in [2.05, 4.69) is 5.32 Å². The molecule has 0 atom stereocenters. The molecule has 0 bridgehead atoms. The van der Waals surface area contributed by atoms with E-state index in [4.69, 9.17) is 5.41 Å². The Morgan fingerprint density at radius 1 is 1.44 bits per heavy atom. The maximum Gasteiger partial charge on any atom is 0.297 e. The lowest BCUT2D eigenvalue weighted by Crippen LogP contribution is -2.35. The van der Waals surface area contributed by atoms with Gasteiger partial charge in [-0.25, -0.2) is 0 Å². The number of carbonyl (C=O) groups is 2. The van der Waals surface area contributed by atoms with Crippen LogP contribution in [0.25, 0.3) is 0 Å². The molecule has 0 spiro atoms. The highest BCUT2D eigenvalue weighted by molar-refractivity contribution is 6.67. The van der Waals surface area contributed by atoms with Gasteiger partial charge in [0.2, 0.25) is 0 Å². The normalized spacial score (nSPS) is 18.0. The first-order valence-corrected chi connectivity index (χ1v) is 2.32. The Morgan fingerprint density at radius 3 is 2.56 bits per heavy atom. The van der Waals surface area contributed by atoms with Crippen LogP contribution in [0, 0.1) is 5.41 Å². The van der Waals surface area contributed by atoms with Crippen molar-refractivity contribution in [3.63, 3.8) is 0 Å². The lowest BCUT2D eigenvalue weighted by molar-refractivity contribution is -0.133. The van der Waals surface area contributed by atoms with Crippen LogP contribution in [-0.4, -0.2) is 17.4 Å². The van der Waals surface area contributed by atoms with Crippen molar-refractivity contribution in [2.24, 2.45) is 0 Å². The number of nitrogens with one attached hydrogen (secondary N) is 2. The Hall–Kier alpha value is -1.45. The van der Waals surface area contributed by atoms with Gasteiger partial charge in [0, 0.05) is 6.20 Å². The first-order valence-electron chi connectivity index (χ1n) is 2.32. The largest absolute Gasteiger partial charge is 0.326 e. The third kappa shape index (κ3) is 0.861. The standard InChI is InChI=1S/C5H4N2O2/c6-3-1-2-7-5(9)4(3)8/h1-2,6H,(H,7,9). The number of carbonyl (C=O) groups excluding carboxylic acids is 2. The van der Waals surface area contributed by atoms with Gasteiger partial charge in [0.15, 0.2) is 0 Å². The Morgan fingerprint density at radius 2 is 2.11 bits per heavy atom. The molecule has 2 N–H and O–H groups in total. The zero-order valence-electron chi connectivity index (χ0n) is 4.47. The summed E-state index contributed by atoms with van der Waals surface area (Å²) < 4.78 is 0. The van der Waals surface area contributed by atoms with E-state index in [0.29, 0.717) is 0 Å². The lowest BCUT2D eigenvalue weighted by Gasteiger charge is -2.01. The lowest BCUT2D eigenvalue weighted by atomic mass is 10.2. The number of amides is 1. The van der Waals surface area contributed by atoms with Crippen molar-refractivity contribution in [3.05, 3.63) is 12.3 Å². The Labute approximate surface area is 51.1 Å². The summed E-state index contributed by atoms with van der Waals surface area (Å²) in [5.41, 5.74) is -0.265. The maximum absolute atomic E-state index is 10.4. The molecule has 9 heavy (non-hydrogen) atoms. The topological polar surface area (TPSA) is 70.0 Å². The molecular formula is C5H4N2O2. The van der Waals surface area contributed by atoms with Crippen LogP contribution in [0.3, 0.4) is 0 Å². The highest BCUT2D eigenvalue weighted by atomic mass is 16.2. The van der Waals surface area contributed by atoms with E-state index in [9.17, 15) is 9.59 Å². The summed E-state index contributed by atoms with van der Waals surface area (Å²) in [5.74, 6) is -1.51. The maximum atomic E-state index is 10.4. The van der Waals surface area contributed by atoms with E-state index >= 15 is 0 Å². The summed E-state index contributed by atoms with van der Waals surface area (Å²) >= 11 is 0. The molecule has 1 aliphatic rings. The minimum absolute atomic E-state index is 0.265. The fourth-order valence-electron chi connectivity index (χ4n) is 0.464. The van der Waals surface area contributed by atoms with Gasteiger partial charge in [0.1, 0.15) is 5.71 Å². The highest BCUT2D eigenvalue weighted by Crippen LogP contribution is 1.86. The van der Waals surface area contributed by atoms with Crippen molar-refractivity contribution in [2.75, 3.05) is 0 Å². The number of rotatable bonds is 0. The van der Waals surface area contributed by atoms with Crippen molar-refractivity contribution in [2.45, 2.75) is 0 Å². The number of hydrogen-bond donors (Lipinski definition) is 2. The van der Waals surface area contributed by atoms with Crippen LogP contribution in [-0.2, 0) is 9.59 Å². The van der Waals surface area contributed by atoms with Gasteiger partial charge < -0.3 is 5.32 Å². The van der Waals surface area contributed by atoms with E-state index in [1.54, 1.807) is 0 Å². The van der Waals surface area contributed by atoms with Crippen molar-refractivity contribution < 1.29 is 9.59 Å². The molecule has 1 amide bonds. The van der Waals surface area contributed by atoms with Gasteiger partial charge >= 0.3 is 0 Å². The zero-order valence-corrected chi connectivity index (χ0v) is 4.47. The van der Waals surface area contributed by atoms with Crippen LogP contribution in [0.1, 0.15) is 0 Å². The second-order valence-electron chi connectivity index (χ2n) is 1.55. The van der Waals surface area contributed by atoms with Crippen LogP contribution >= 0.6 is 0 Å². The molecule has 1 heterocycles. The number of ketones is 1. The third-order valence-corrected chi connectivity index (χ3v) is 0.915. The van der Waals surface area contributed by atoms with Crippen LogP contribution in [0.5, 0.6) is 0 Å². The second-order valence-corrected chi connectivity index (χ2v) is 1.55. The number of hydrogen-bond acceptors (Lipinski definition) is 3. The molecule has 1 aliphatic heterocycles.